The SMILES string of the molecule is CC(C)(C)OC(=O)N1C=C2N(C(=O)OCC3c4ccccc4-c4ccccc43)C=CC2(F)C1. The average molecular weight is 448 g/mol. The fourth-order valence-electron chi connectivity index (χ4n) is 4.56. The summed E-state index contributed by atoms with van der Waals surface area (Å²) in [5, 5.41) is 0. The monoisotopic (exact) mass is 448 g/mol. The van der Waals surface area contributed by atoms with Crippen molar-refractivity contribution in [3.05, 3.63) is 83.8 Å². The van der Waals surface area contributed by atoms with E-state index in [1.54, 1.807) is 20.8 Å². The minimum absolute atomic E-state index is 0.0468. The van der Waals surface area contributed by atoms with Gasteiger partial charge in [-0.05, 0) is 49.1 Å². The molecule has 2 heterocycles. The summed E-state index contributed by atoms with van der Waals surface area (Å²) >= 11 is 0. The van der Waals surface area contributed by atoms with E-state index in [1.165, 1.54) is 18.5 Å². The van der Waals surface area contributed by atoms with Crippen molar-refractivity contribution in [3.8, 4) is 11.1 Å². The van der Waals surface area contributed by atoms with Crippen molar-refractivity contribution in [3.63, 3.8) is 0 Å². The Bertz CT molecular complexity index is 1150. The second-order valence-corrected chi connectivity index (χ2v) is 9.47. The summed E-state index contributed by atoms with van der Waals surface area (Å²) in [7, 11) is 0. The molecule has 2 amide bonds. The van der Waals surface area contributed by atoms with Crippen molar-refractivity contribution < 1.29 is 23.5 Å². The second kappa shape index (κ2) is 7.47. The van der Waals surface area contributed by atoms with Gasteiger partial charge in [0.2, 0.25) is 0 Å². The van der Waals surface area contributed by atoms with E-state index in [0.717, 1.165) is 32.1 Å². The van der Waals surface area contributed by atoms with Crippen LogP contribution in [0.1, 0.15) is 37.8 Å². The Morgan fingerprint density at radius 3 is 2.24 bits per heavy atom. The molecule has 1 atom stereocenters. The van der Waals surface area contributed by atoms with Gasteiger partial charge in [0.1, 0.15) is 12.2 Å². The fourth-order valence-corrected chi connectivity index (χ4v) is 4.56. The average Bonchev–Trinajstić information content (AvgIpc) is 3.37. The molecular weight excluding hydrogens is 423 g/mol. The van der Waals surface area contributed by atoms with E-state index in [4.69, 9.17) is 9.47 Å². The van der Waals surface area contributed by atoms with Gasteiger partial charge in [-0.2, -0.15) is 0 Å². The molecule has 1 unspecified atom stereocenters. The highest BCUT2D eigenvalue weighted by Gasteiger charge is 2.49. The number of hydrogen-bond acceptors (Lipinski definition) is 4. The highest BCUT2D eigenvalue weighted by Crippen LogP contribution is 2.45. The molecule has 33 heavy (non-hydrogen) atoms. The molecule has 0 aromatic heterocycles. The normalized spacial score (nSPS) is 20.9. The van der Waals surface area contributed by atoms with Gasteiger partial charge in [0.15, 0.2) is 5.67 Å². The van der Waals surface area contributed by atoms with Crippen LogP contribution in [-0.4, -0.2) is 46.4 Å². The summed E-state index contributed by atoms with van der Waals surface area (Å²) in [5.41, 5.74) is 1.83. The minimum atomic E-state index is -1.96. The minimum Gasteiger partial charge on any atom is -0.448 e. The number of alkyl halides is 1. The van der Waals surface area contributed by atoms with Crippen LogP contribution in [0, 0.1) is 0 Å². The predicted molar refractivity (Wildman–Crippen MR) is 121 cm³/mol. The summed E-state index contributed by atoms with van der Waals surface area (Å²) in [6.45, 7) is 5.09. The Hall–Kier alpha value is -3.61. The van der Waals surface area contributed by atoms with Crippen molar-refractivity contribution in [2.24, 2.45) is 0 Å². The van der Waals surface area contributed by atoms with E-state index in [-0.39, 0.29) is 24.8 Å². The third-order valence-corrected chi connectivity index (χ3v) is 6.01. The van der Waals surface area contributed by atoms with Crippen LogP contribution in [0.5, 0.6) is 0 Å². The summed E-state index contributed by atoms with van der Waals surface area (Å²) in [6, 6.07) is 16.1. The highest BCUT2D eigenvalue weighted by atomic mass is 19.1. The molecule has 3 aliphatic rings. The maximum absolute atomic E-state index is 15.4. The van der Waals surface area contributed by atoms with Gasteiger partial charge in [0.25, 0.3) is 0 Å². The standard InChI is InChI=1S/C26H25FN2O4/c1-25(2,3)33-23(30)28-14-22-26(27,16-28)12-13-29(22)24(31)32-15-21-19-10-6-4-8-17(19)18-9-5-7-11-20(18)21/h4-14,21H,15-16H2,1-3H3. The van der Waals surface area contributed by atoms with Crippen molar-refractivity contribution in [1.82, 2.24) is 9.80 Å². The zero-order valence-corrected chi connectivity index (χ0v) is 18.7. The highest BCUT2D eigenvalue weighted by molar-refractivity contribution is 5.80. The Labute approximate surface area is 191 Å². The van der Waals surface area contributed by atoms with Crippen LogP contribution in [0.4, 0.5) is 14.0 Å². The van der Waals surface area contributed by atoms with E-state index >= 15 is 4.39 Å². The molecule has 0 spiro atoms. The van der Waals surface area contributed by atoms with Gasteiger partial charge in [0.05, 0.1) is 12.2 Å². The van der Waals surface area contributed by atoms with E-state index in [9.17, 15) is 9.59 Å². The number of carbonyl (C=O) groups excluding carboxylic acids is 2. The van der Waals surface area contributed by atoms with Crippen molar-refractivity contribution in [2.75, 3.05) is 13.2 Å². The number of hydrogen-bond donors (Lipinski definition) is 0. The molecule has 1 aliphatic carbocycles. The molecule has 0 fully saturated rings. The largest absolute Gasteiger partial charge is 0.448 e. The zero-order valence-electron chi connectivity index (χ0n) is 18.7. The molecule has 0 saturated heterocycles. The van der Waals surface area contributed by atoms with E-state index in [2.05, 4.69) is 12.1 Å². The van der Waals surface area contributed by atoms with E-state index in [0.29, 0.717) is 0 Å². The maximum Gasteiger partial charge on any atom is 0.418 e. The Morgan fingerprint density at radius 1 is 1.03 bits per heavy atom. The summed E-state index contributed by atoms with van der Waals surface area (Å²) < 4.78 is 26.4. The molecule has 2 aromatic carbocycles. The molecule has 6 nitrogen and oxygen atoms in total. The summed E-state index contributed by atoms with van der Waals surface area (Å²) in [6.07, 6.45) is 2.59. The van der Waals surface area contributed by atoms with Crippen LogP contribution < -0.4 is 0 Å². The maximum atomic E-state index is 15.4. The van der Waals surface area contributed by atoms with Crippen molar-refractivity contribution in [1.29, 1.82) is 0 Å². The van der Waals surface area contributed by atoms with Crippen molar-refractivity contribution >= 4 is 12.2 Å². The van der Waals surface area contributed by atoms with Gasteiger partial charge >= 0.3 is 12.2 Å². The number of carbonyl (C=O) groups is 2. The molecule has 170 valence electrons. The van der Waals surface area contributed by atoms with Gasteiger partial charge < -0.3 is 9.47 Å². The molecule has 5 rings (SSSR count). The van der Waals surface area contributed by atoms with Crippen LogP contribution in [-0.2, 0) is 9.47 Å². The van der Waals surface area contributed by atoms with Crippen molar-refractivity contribution in [2.45, 2.75) is 38.0 Å². The first-order chi connectivity index (χ1) is 15.7. The number of halogens is 1. The van der Waals surface area contributed by atoms with Crippen LogP contribution in [0.15, 0.2) is 72.7 Å². The third kappa shape index (κ3) is 3.67. The lowest BCUT2D eigenvalue weighted by Gasteiger charge is -2.24. The first-order valence-corrected chi connectivity index (χ1v) is 10.9. The molecule has 7 heteroatoms. The number of rotatable bonds is 2. The molecule has 2 aliphatic heterocycles. The number of benzene rings is 2. The van der Waals surface area contributed by atoms with Crippen LogP contribution in [0.3, 0.4) is 0 Å². The summed E-state index contributed by atoms with van der Waals surface area (Å²) in [4.78, 5) is 27.6. The van der Waals surface area contributed by atoms with Crippen LogP contribution >= 0.6 is 0 Å². The van der Waals surface area contributed by atoms with E-state index < -0.39 is 23.5 Å². The zero-order chi connectivity index (χ0) is 23.4. The molecular formula is C26H25FN2O4. The van der Waals surface area contributed by atoms with Gasteiger partial charge in [-0.25, -0.2) is 14.0 Å². The molecule has 0 bridgehead atoms. The number of fused-ring (bicyclic) bond motifs is 4. The first-order valence-electron chi connectivity index (χ1n) is 10.9. The lowest BCUT2D eigenvalue weighted by atomic mass is 9.98. The van der Waals surface area contributed by atoms with Gasteiger partial charge in [-0.1, -0.05) is 48.5 Å². The number of nitrogens with zero attached hydrogens (tertiary/aromatic N) is 2. The predicted octanol–water partition coefficient (Wildman–Crippen LogP) is 5.57. The topological polar surface area (TPSA) is 59.1 Å². The van der Waals surface area contributed by atoms with Crippen LogP contribution in [0.25, 0.3) is 11.1 Å². The van der Waals surface area contributed by atoms with E-state index in [1.807, 2.05) is 36.4 Å². The van der Waals surface area contributed by atoms with Gasteiger partial charge in [0, 0.05) is 18.3 Å². The van der Waals surface area contributed by atoms with Gasteiger partial charge in [-0.3, -0.25) is 9.80 Å². The second-order valence-electron chi connectivity index (χ2n) is 9.47. The van der Waals surface area contributed by atoms with Crippen LogP contribution in [0.2, 0.25) is 0 Å². The molecule has 0 saturated carbocycles. The summed E-state index contributed by atoms with van der Waals surface area (Å²) in [5.74, 6) is -0.0983. The third-order valence-electron chi connectivity index (χ3n) is 6.01. The Morgan fingerprint density at radius 2 is 1.64 bits per heavy atom. The first kappa shape index (κ1) is 21.2. The Kier molecular flexibility index (Phi) is 4.81. The Balaban J connectivity index is 1.32. The lowest BCUT2D eigenvalue weighted by molar-refractivity contribution is 0.0314. The molecule has 0 radical (unpaired) electrons. The fraction of sp³-hybridized carbons (Fsp3) is 0.308. The lowest BCUT2D eigenvalue weighted by Crippen LogP contribution is -2.37. The molecule has 0 N–H and O–H groups in total. The van der Waals surface area contributed by atoms with Gasteiger partial charge in [-0.15, -0.1) is 0 Å². The smallest absolute Gasteiger partial charge is 0.418 e. The number of amides is 2. The number of ether oxygens (including phenoxy) is 2. The quantitative estimate of drug-likeness (QED) is 0.603. The molecule has 2 aromatic rings.